The highest BCUT2D eigenvalue weighted by molar-refractivity contribution is 7.94. The fourth-order valence-corrected chi connectivity index (χ4v) is 2.92. The van der Waals surface area contributed by atoms with Crippen LogP contribution in [0.25, 0.3) is 0 Å². The minimum atomic E-state index is -3.66. The lowest BCUT2D eigenvalue weighted by atomic mass is 10.1. The molecule has 1 N–H and O–H groups in total. The van der Waals surface area contributed by atoms with E-state index in [2.05, 4.69) is 0 Å². The summed E-state index contributed by atoms with van der Waals surface area (Å²) in [6.45, 7) is 2.65. The van der Waals surface area contributed by atoms with Crippen molar-refractivity contribution in [3.05, 3.63) is 35.6 Å². The predicted molar refractivity (Wildman–Crippen MR) is 65.1 cm³/mol. The predicted octanol–water partition coefficient (Wildman–Crippen LogP) is 2.25. The average Bonchev–Trinajstić information content (AvgIpc) is 2.27. The molecule has 6 heteroatoms. The molecular weight excluding hydrogens is 267 g/mol. The Kier molecular flexibility index (Phi) is 4.17. The molecule has 0 saturated carbocycles. The van der Waals surface area contributed by atoms with E-state index < -0.39 is 26.0 Å². The first-order valence-corrected chi connectivity index (χ1v) is 7.10. The SMILES string of the molecule is CCS(=O)(=O)[C@](C)(Cl)[C@@H](O)c1cccc(F)c1. The van der Waals surface area contributed by atoms with Gasteiger partial charge < -0.3 is 5.11 Å². The van der Waals surface area contributed by atoms with Crippen molar-refractivity contribution in [2.45, 2.75) is 24.2 Å². The number of alkyl halides is 1. The summed E-state index contributed by atoms with van der Waals surface area (Å²) in [6.07, 6.45) is -1.48. The third-order valence-electron chi connectivity index (χ3n) is 2.64. The van der Waals surface area contributed by atoms with Crippen LogP contribution in [0.4, 0.5) is 4.39 Å². The molecule has 3 nitrogen and oxygen atoms in total. The fraction of sp³-hybridized carbons (Fsp3) is 0.455. The Morgan fingerprint density at radius 3 is 2.59 bits per heavy atom. The topological polar surface area (TPSA) is 54.4 Å². The zero-order chi connectivity index (χ0) is 13.3. The van der Waals surface area contributed by atoms with Crippen molar-refractivity contribution in [1.29, 1.82) is 0 Å². The monoisotopic (exact) mass is 280 g/mol. The molecule has 0 spiro atoms. The molecule has 0 aliphatic heterocycles. The summed E-state index contributed by atoms with van der Waals surface area (Å²) in [5, 5.41) is 9.96. The van der Waals surface area contributed by atoms with Gasteiger partial charge in [-0.1, -0.05) is 30.7 Å². The zero-order valence-electron chi connectivity index (χ0n) is 9.52. The number of sulfone groups is 1. The molecule has 0 aliphatic rings. The number of aliphatic hydroxyl groups excluding tert-OH is 1. The van der Waals surface area contributed by atoms with Crippen LogP contribution >= 0.6 is 11.6 Å². The van der Waals surface area contributed by atoms with Crippen molar-refractivity contribution in [2.24, 2.45) is 0 Å². The maximum atomic E-state index is 13.0. The summed E-state index contributed by atoms with van der Waals surface area (Å²) in [5.41, 5.74) is 0.138. The third kappa shape index (κ3) is 2.78. The fourth-order valence-electron chi connectivity index (χ4n) is 1.43. The van der Waals surface area contributed by atoms with Gasteiger partial charge in [-0.3, -0.25) is 0 Å². The van der Waals surface area contributed by atoms with Crippen LogP contribution in [-0.4, -0.2) is 23.5 Å². The van der Waals surface area contributed by atoms with E-state index in [-0.39, 0.29) is 11.3 Å². The first-order valence-electron chi connectivity index (χ1n) is 5.07. The standard InChI is InChI=1S/C11H14ClFO3S/c1-3-17(15,16)11(2,12)10(14)8-5-4-6-9(13)7-8/h4-7,10,14H,3H2,1-2H3/t10-,11-/m0/s1. The normalized spacial score (nSPS) is 17.5. The summed E-state index contributed by atoms with van der Waals surface area (Å²) in [6, 6.07) is 5.09. The Labute approximate surface area is 105 Å². The maximum absolute atomic E-state index is 13.0. The second-order valence-electron chi connectivity index (χ2n) is 3.85. The summed E-state index contributed by atoms with van der Waals surface area (Å²) in [7, 11) is -3.66. The summed E-state index contributed by atoms with van der Waals surface area (Å²) in [4.78, 5) is 0. The van der Waals surface area contributed by atoms with Gasteiger partial charge in [0.25, 0.3) is 0 Å². The van der Waals surface area contributed by atoms with E-state index in [0.717, 1.165) is 6.07 Å². The minimum absolute atomic E-state index is 0.138. The molecule has 1 aromatic rings. The second-order valence-corrected chi connectivity index (χ2v) is 7.51. The molecule has 2 atom stereocenters. The summed E-state index contributed by atoms with van der Waals surface area (Å²) < 4.78 is 34.6. The van der Waals surface area contributed by atoms with Gasteiger partial charge >= 0.3 is 0 Å². The van der Waals surface area contributed by atoms with Gasteiger partial charge in [-0.15, -0.1) is 0 Å². The molecule has 0 fully saturated rings. The Balaban J connectivity index is 3.17. The van der Waals surface area contributed by atoms with Gasteiger partial charge in [0.15, 0.2) is 14.0 Å². The van der Waals surface area contributed by atoms with E-state index in [1.54, 1.807) is 0 Å². The van der Waals surface area contributed by atoms with Gasteiger partial charge in [-0.2, -0.15) is 0 Å². The van der Waals surface area contributed by atoms with E-state index in [1.807, 2.05) is 0 Å². The third-order valence-corrected chi connectivity index (χ3v) is 5.75. The van der Waals surface area contributed by atoms with Crippen LogP contribution in [-0.2, 0) is 9.84 Å². The number of aliphatic hydroxyl groups is 1. The van der Waals surface area contributed by atoms with Gasteiger partial charge in [0, 0.05) is 5.75 Å². The first kappa shape index (κ1) is 14.4. The van der Waals surface area contributed by atoms with E-state index in [0.29, 0.717) is 0 Å². The van der Waals surface area contributed by atoms with Gasteiger partial charge in [0.2, 0.25) is 0 Å². The molecule has 0 unspecified atom stereocenters. The van der Waals surface area contributed by atoms with Gasteiger partial charge in [0.05, 0.1) is 0 Å². The lowest BCUT2D eigenvalue weighted by Crippen LogP contribution is -2.37. The molecule has 0 aromatic heterocycles. The highest BCUT2D eigenvalue weighted by Gasteiger charge is 2.43. The Morgan fingerprint density at radius 1 is 1.53 bits per heavy atom. The average molecular weight is 281 g/mol. The van der Waals surface area contributed by atoms with Crippen molar-refractivity contribution in [1.82, 2.24) is 0 Å². The van der Waals surface area contributed by atoms with E-state index in [9.17, 15) is 17.9 Å². The zero-order valence-corrected chi connectivity index (χ0v) is 11.1. The molecule has 17 heavy (non-hydrogen) atoms. The number of rotatable bonds is 4. The van der Waals surface area contributed by atoms with Crippen molar-refractivity contribution in [3.63, 3.8) is 0 Å². The van der Waals surface area contributed by atoms with Crippen LogP contribution in [0.15, 0.2) is 24.3 Å². The molecule has 0 aliphatic carbocycles. The van der Waals surface area contributed by atoms with Crippen molar-refractivity contribution >= 4 is 21.4 Å². The second kappa shape index (κ2) is 4.92. The maximum Gasteiger partial charge on any atom is 0.172 e. The summed E-state index contributed by atoms with van der Waals surface area (Å²) in [5.74, 6) is -0.748. The highest BCUT2D eigenvalue weighted by atomic mass is 35.5. The Morgan fingerprint density at radius 2 is 2.12 bits per heavy atom. The number of halogens is 2. The quantitative estimate of drug-likeness (QED) is 0.861. The van der Waals surface area contributed by atoms with Gasteiger partial charge in [0.1, 0.15) is 11.9 Å². The Bertz CT molecular complexity index is 499. The molecule has 0 saturated heterocycles. The van der Waals surface area contributed by atoms with Crippen molar-refractivity contribution in [2.75, 3.05) is 5.75 Å². The number of benzene rings is 1. The minimum Gasteiger partial charge on any atom is -0.385 e. The van der Waals surface area contributed by atoms with E-state index in [1.165, 1.54) is 32.0 Å². The smallest absolute Gasteiger partial charge is 0.172 e. The van der Waals surface area contributed by atoms with Gasteiger partial charge in [-0.25, -0.2) is 12.8 Å². The number of hydrogen-bond donors (Lipinski definition) is 1. The molecule has 0 radical (unpaired) electrons. The molecule has 1 rings (SSSR count). The molecular formula is C11H14ClFO3S. The van der Waals surface area contributed by atoms with E-state index in [4.69, 9.17) is 11.6 Å². The van der Waals surface area contributed by atoms with Crippen molar-refractivity contribution in [3.8, 4) is 0 Å². The lowest BCUT2D eigenvalue weighted by molar-refractivity contribution is 0.162. The largest absolute Gasteiger partial charge is 0.385 e. The molecule has 96 valence electrons. The highest BCUT2D eigenvalue weighted by Crippen LogP contribution is 2.37. The molecule has 0 amide bonds. The Hall–Kier alpha value is -0.650. The van der Waals surface area contributed by atoms with Gasteiger partial charge in [-0.05, 0) is 24.6 Å². The van der Waals surface area contributed by atoms with Crippen LogP contribution in [0, 0.1) is 5.82 Å². The molecule has 1 aromatic carbocycles. The van der Waals surface area contributed by atoms with Crippen LogP contribution in [0.1, 0.15) is 25.5 Å². The van der Waals surface area contributed by atoms with Crippen LogP contribution in [0.5, 0.6) is 0 Å². The van der Waals surface area contributed by atoms with Crippen LogP contribution < -0.4 is 0 Å². The van der Waals surface area contributed by atoms with Crippen molar-refractivity contribution < 1.29 is 17.9 Å². The molecule has 0 heterocycles. The number of hydrogen-bond acceptors (Lipinski definition) is 3. The van der Waals surface area contributed by atoms with Crippen LogP contribution in [0.3, 0.4) is 0 Å². The first-order chi connectivity index (χ1) is 7.72. The summed E-state index contributed by atoms with van der Waals surface area (Å²) >= 11 is 5.90. The lowest BCUT2D eigenvalue weighted by Gasteiger charge is -2.27. The van der Waals surface area contributed by atoms with Crippen LogP contribution in [0.2, 0.25) is 0 Å². The molecule has 0 bridgehead atoms. The van der Waals surface area contributed by atoms with E-state index >= 15 is 0 Å².